The topological polar surface area (TPSA) is 40.5 Å². The predicted molar refractivity (Wildman–Crippen MR) is 124 cm³/mol. The Morgan fingerprint density at radius 2 is 2.15 bits per heavy atom. The summed E-state index contributed by atoms with van der Waals surface area (Å²) in [5, 5.41) is 9.88. The van der Waals surface area contributed by atoms with Gasteiger partial charge in [-0.1, -0.05) is 60.4 Å². The van der Waals surface area contributed by atoms with Gasteiger partial charge in [-0.05, 0) is 61.3 Å². The monoisotopic (exact) mass is 477 g/mol. The normalized spacial score (nSPS) is 24.4. The summed E-state index contributed by atoms with van der Waals surface area (Å²) < 4.78 is 39.4. The zero-order valence-electron chi connectivity index (χ0n) is 18.4. The van der Waals surface area contributed by atoms with Gasteiger partial charge in [-0.15, -0.1) is 0 Å². The number of nitrogens with zero attached hydrogens (tertiary/aromatic N) is 1. The molecule has 1 fully saturated rings. The van der Waals surface area contributed by atoms with Gasteiger partial charge in [0.25, 0.3) is 0 Å². The number of carboxylic acids is 1. The van der Waals surface area contributed by atoms with E-state index in [1.165, 1.54) is 6.08 Å². The average Bonchev–Trinajstić information content (AvgIpc) is 2.73. The van der Waals surface area contributed by atoms with Gasteiger partial charge in [0.1, 0.15) is 0 Å². The maximum absolute atomic E-state index is 13.1. The van der Waals surface area contributed by atoms with E-state index in [0.29, 0.717) is 30.0 Å². The highest BCUT2D eigenvalue weighted by molar-refractivity contribution is 6.30. The summed E-state index contributed by atoms with van der Waals surface area (Å²) in [6.45, 7) is 6.26. The molecule has 1 heterocycles. The van der Waals surface area contributed by atoms with Gasteiger partial charge >= 0.3 is 12.1 Å². The highest BCUT2D eigenvalue weighted by atomic mass is 35.5. The summed E-state index contributed by atoms with van der Waals surface area (Å²) in [6.07, 6.45) is 1.14. The number of hydrogen-bond donors (Lipinski definition) is 1. The first-order valence-electron chi connectivity index (χ1n) is 10.9. The van der Waals surface area contributed by atoms with Crippen LogP contribution in [-0.4, -0.2) is 34.7 Å². The summed E-state index contributed by atoms with van der Waals surface area (Å²) in [7, 11) is 0. The van der Waals surface area contributed by atoms with Crippen LogP contribution in [0.5, 0.6) is 0 Å². The number of likely N-dealkylation sites (tertiary alicyclic amines) is 1. The highest BCUT2D eigenvalue weighted by Crippen LogP contribution is 2.40. The maximum atomic E-state index is 13.1. The Morgan fingerprint density at radius 1 is 1.39 bits per heavy atom. The van der Waals surface area contributed by atoms with Crippen molar-refractivity contribution in [3.8, 4) is 11.8 Å². The minimum atomic E-state index is -4.38. The molecule has 7 heteroatoms. The Labute approximate surface area is 197 Å². The van der Waals surface area contributed by atoms with E-state index < -0.39 is 17.7 Å². The van der Waals surface area contributed by atoms with Crippen molar-refractivity contribution in [3.05, 3.63) is 70.8 Å². The summed E-state index contributed by atoms with van der Waals surface area (Å²) in [6, 6.07) is 6.91. The molecule has 0 radical (unpaired) electrons. The number of benzene rings is 1. The van der Waals surface area contributed by atoms with Crippen molar-refractivity contribution in [2.75, 3.05) is 6.54 Å². The molecule has 0 saturated carbocycles. The molecule has 0 amide bonds. The number of hydrogen-bond acceptors (Lipinski definition) is 2. The fourth-order valence-corrected chi connectivity index (χ4v) is 4.82. The van der Waals surface area contributed by atoms with Gasteiger partial charge < -0.3 is 5.11 Å². The van der Waals surface area contributed by atoms with Crippen LogP contribution in [0, 0.1) is 23.7 Å². The second-order valence-electron chi connectivity index (χ2n) is 8.72. The lowest BCUT2D eigenvalue weighted by Crippen LogP contribution is -2.48. The SMILES string of the molecule is C=C(C)C#C[C@@H](c1cccc(Cl)c1)N1CC[C@H](CC(=O)O)C[C@@H]1C1C=CC(C(F)(F)F)=CC1. The Kier molecular flexibility index (Phi) is 8.10. The zero-order chi connectivity index (χ0) is 24.2. The van der Waals surface area contributed by atoms with Crippen LogP contribution >= 0.6 is 11.6 Å². The smallest absolute Gasteiger partial charge is 0.416 e. The van der Waals surface area contributed by atoms with Crippen LogP contribution in [0.4, 0.5) is 13.2 Å². The van der Waals surface area contributed by atoms with Crippen molar-refractivity contribution in [1.82, 2.24) is 4.90 Å². The number of aliphatic carboxylic acids is 1. The first-order valence-corrected chi connectivity index (χ1v) is 11.3. The Hall–Kier alpha value is -2.49. The van der Waals surface area contributed by atoms with Crippen LogP contribution in [0.15, 0.2) is 60.2 Å². The van der Waals surface area contributed by atoms with Gasteiger partial charge in [-0.25, -0.2) is 0 Å². The van der Waals surface area contributed by atoms with E-state index in [4.69, 9.17) is 11.6 Å². The van der Waals surface area contributed by atoms with Crippen LogP contribution in [0.25, 0.3) is 0 Å². The van der Waals surface area contributed by atoms with Gasteiger partial charge in [-0.3, -0.25) is 9.69 Å². The molecular formula is C26H27ClF3NO2. The second-order valence-corrected chi connectivity index (χ2v) is 9.15. The highest BCUT2D eigenvalue weighted by Gasteiger charge is 2.39. The number of piperidine rings is 1. The van der Waals surface area contributed by atoms with Gasteiger partial charge in [0.05, 0.1) is 11.6 Å². The summed E-state index contributed by atoms with van der Waals surface area (Å²) in [5.41, 5.74) is 0.954. The van der Waals surface area contributed by atoms with Crippen LogP contribution in [0.1, 0.15) is 44.2 Å². The average molecular weight is 478 g/mol. The second kappa shape index (κ2) is 10.6. The molecule has 176 valence electrons. The number of carboxylic acid groups (broad SMARTS) is 1. The third-order valence-corrected chi connectivity index (χ3v) is 6.37. The quantitative estimate of drug-likeness (QED) is 0.487. The molecule has 1 saturated heterocycles. The first-order chi connectivity index (χ1) is 15.5. The summed E-state index contributed by atoms with van der Waals surface area (Å²) >= 11 is 6.24. The fourth-order valence-electron chi connectivity index (χ4n) is 4.62. The van der Waals surface area contributed by atoms with E-state index >= 15 is 0 Å². The molecule has 3 nitrogen and oxygen atoms in total. The third kappa shape index (κ3) is 6.75. The molecule has 1 unspecified atom stereocenters. The van der Waals surface area contributed by atoms with E-state index in [1.54, 1.807) is 12.1 Å². The van der Waals surface area contributed by atoms with Crippen molar-refractivity contribution in [1.29, 1.82) is 0 Å². The van der Waals surface area contributed by atoms with E-state index in [-0.39, 0.29) is 36.8 Å². The van der Waals surface area contributed by atoms with Gasteiger partial charge in [-0.2, -0.15) is 13.2 Å². The van der Waals surface area contributed by atoms with Gasteiger partial charge in [0, 0.05) is 24.0 Å². The molecule has 1 aliphatic heterocycles. The number of halogens is 4. The molecule has 0 spiro atoms. The van der Waals surface area contributed by atoms with E-state index in [2.05, 4.69) is 23.3 Å². The van der Waals surface area contributed by atoms with Crippen LogP contribution < -0.4 is 0 Å². The lowest BCUT2D eigenvalue weighted by atomic mass is 9.78. The van der Waals surface area contributed by atoms with Crippen LogP contribution in [0.3, 0.4) is 0 Å². The Balaban J connectivity index is 1.96. The van der Waals surface area contributed by atoms with Crippen molar-refractivity contribution in [2.24, 2.45) is 11.8 Å². The number of alkyl halides is 3. The molecule has 3 rings (SSSR count). The first kappa shape index (κ1) is 25.1. The molecule has 2 aliphatic rings. The molecule has 1 aliphatic carbocycles. The molecule has 1 N–H and O–H groups in total. The molecule has 33 heavy (non-hydrogen) atoms. The van der Waals surface area contributed by atoms with Crippen molar-refractivity contribution >= 4 is 17.6 Å². The molecule has 4 atom stereocenters. The van der Waals surface area contributed by atoms with Crippen LogP contribution in [-0.2, 0) is 4.79 Å². The molecule has 1 aromatic carbocycles. The predicted octanol–water partition coefficient (Wildman–Crippen LogP) is 6.58. The number of carbonyl (C=O) groups is 1. The van der Waals surface area contributed by atoms with Crippen molar-refractivity contribution < 1.29 is 23.1 Å². The molecule has 0 aromatic heterocycles. The van der Waals surface area contributed by atoms with Crippen LogP contribution in [0.2, 0.25) is 5.02 Å². The lowest BCUT2D eigenvalue weighted by molar-refractivity contribution is -0.138. The third-order valence-electron chi connectivity index (χ3n) is 6.13. The molecular weight excluding hydrogens is 451 g/mol. The van der Waals surface area contributed by atoms with Crippen molar-refractivity contribution in [2.45, 2.75) is 50.9 Å². The Morgan fingerprint density at radius 3 is 2.73 bits per heavy atom. The molecule has 0 bridgehead atoms. The lowest BCUT2D eigenvalue weighted by Gasteiger charge is -2.45. The largest absolute Gasteiger partial charge is 0.481 e. The summed E-state index contributed by atoms with van der Waals surface area (Å²) in [5.74, 6) is 5.24. The zero-order valence-corrected chi connectivity index (χ0v) is 19.2. The number of allylic oxidation sites excluding steroid dienone is 4. The number of rotatable bonds is 5. The standard InChI is InChI=1S/C26H27ClF3NO2/c1-17(2)6-11-23(20-4-3-5-22(27)16-20)31-13-12-18(15-25(32)33)14-24(31)19-7-9-21(10-8-19)26(28,29)30/h3-5,7,9-10,16,18-19,23-24H,1,8,12-15H2,2H3,(H,32,33)/t18-,19?,23-,24+/m0/s1. The summed E-state index contributed by atoms with van der Waals surface area (Å²) in [4.78, 5) is 13.5. The minimum Gasteiger partial charge on any atom is -0.481 e. The van der Waals surface area contributed by atoms with Crippen molar-refractivity contribution in [3.63, 3.8) is 0 Å². The van der Waals surface area contributed by atoms with E-state index in [1.807, 2.05) is 25.1 Å². The fraction of sp³-hybridized carbons (Fsp3) is 0.423. The minimum absolute atomic E-state index is 0.0424. The Bertz CT molecular complexity index is 1020. The van der Waals surface area contributed by atoms with Gasteiger partial charge in [0.15, 0.2) is 0 Å². The molecule has 1 aromatic rings. The van der Waals surface area contributed by atoms with E-state index in [9.17, 15) is 23.1 Å². The van der Waals surface area contributed by atoms with E-state index in [0.717, 1.165) is 11.6 Å². The van der Waals surface area contributed by atoms with Gasteiger partial charge in [0.2, 0.25) is 0 Å². The maximum Gasteiger partial charge on any atom is 0.416 e.